The van der Waals surface area contributed by atoms with E-state index < -0.39 is 0 Å². The third kappa shape index (κ3) is 3.44. The lowest BCUT2D eigenvalue weighted by molar-refractivity contribution is -0.122. The number of carbonyl (C=O) groups is 1. The molecule has 0 saturated carbocycles. The summed E-state index contributed by atoms with van der Waals surface area (Å²) >= 11 is 6.61. The summed E-state index contributed by atoms with van der Waals surface area (Å²) < 4.78 is 0.972. The van der Waals surface area contributed by atoms with Crippen molar-refractivity contribution in [2.24, 2.45) is 4.99 Å². The zero-order valence-electron chi connectivity index (χ0n) is 15.0. The standard InChI is InChI=1S/C20H18BrN3OS2/c1-3-23-15-10-5-6-11-16(15)26-19(23)17-18(25)24(4-2)20(27-17)22-14-9-7-8-13(21)12-14/h5-12H,3-4H2,1-2H3/b19-17-,22-20?. The zero-order chi connectivity index (χ0) is 19.0. The molecule has 7 heteroatoms. The van der Waals surface area contributed by atoms with E-state index in [4.69, 9.17) is 4.99 Å². The van der Waals surface area contributed by atoms with Crippen LogP contribution in [0.25, 0.3) is 0 Å². The van der Waals surface area contributed by atoms with Crippen LogP contribution >= 0.6 is 39.5 Å². The maximum Gasteiger partial charge on any atom is 0.269 e. The van der Waals surface area contributed by atoms with Gasteiger partial charge in [-0.3, -0.25) is 9.69 Å². The van der Waals surface area contributed by atoms with Crippen molar-refractivity contribution >= 4 is 61.9 Å². The van der Waals surface area contributed by atoms with Crippen LogP contribution in [0.1, 0.15) is 13.8 Å². The van der Waals surface area contributed by atoms with Crippen LogP contribution in [0, 0.1) is 0 Å². The van der Waals surface area contributed by atoms with Crippen molar-refractivity contribution in [3.05, 3.63) is 62.9 Å². The number of benzene rings is 2. The molecular weight excluding hydrogens is 442 g/mol. The topological polar surface area (TPSA) is 35.9 Å². The Labute approximate surface area is 175 Å². The van der Waals surface area contributed by atoms with Crippen LogP contribution in [-0.2, 0) is 4.79 Å². The summed E-state index contributed by atoms with van der Waals surface area (Å²) in [6.07, 6.45) is 0. The molecule has 2 heterocycles. The molecule has 0 aliphatic carbocycles. The van der Waals surface area contributed by atoms with Crippen LogP contribution in [0.3, 0.4) is 0 Å². The molecule has 0 radical (unpaired) electrons. The van der Waals surface area contributed by atoms with Gasteiger partial charge in [0, 0.05) is 22.5 Å². The van der Waals surface area contributed by atoms with E-state index in [9.17, 15) is 4.79 Å². The second-order valence-corrected chi connectivity index (χ2v) is 8.90. The van der Waals surface area contributed by atoms with Crippen molar-refractivity contribution in [1.29, 1.82) is 0 Å². The van der Waals surface area contributed by atoms with E-state index in [2.05, 4.69) is 39.9 Å². The summed E-state index contributed by atoms with van der Waals surface area (Å²) in [6.45, 7) is 5.51. The number of hydrogen-bond acceptors (Lipinski definition) is 5. The van der Waals surface area contributed by atoms with E-state index in [1.807, 2.05) is 43.3 Å². The van der Waals surface area contributed by atoms with Crippen molar-refractivity contribution in [3.63, 3.8) is 0 Å². The fourth-order valence-corrected chi connectivity index (χ4v) is 5.91. The van der Waals surface area contributed by atoms with Gasteiger partial charge in [0.25, 0.3) is 5.91 Å². The molecule has 4 nitrogen and oxygen atoms in total. The molecule has 0 atom stereocenters. The smallest absolute Gasteiger partial charge is 0.269 e. The highest BCUT2D eigenvalue weighted by atomic mass is 79.9. The molecule has 2 aliphatic rings. The summed E-state index contributed by atoms with van der Waals surface area (Å²) in [5, 5.41) is 1.74. The number of amides is 1. The summed E-state index contributed by atoms with van der Waals surface area (Å²) in [4.78, 5) is 23.8. The number of thioether (sulfide) groups is 2. The van der Waals surface area contributed by atoms with Crippen LogP contribution in [-0.4, -0.2) is 29.1 Å². The van der Waals surface area contributed by atoms with Gasteiger partial charge in [0.15, 0.2) is 5.17 Å². The van der Waals surface area contributed by atoms with E-state index in [0.717, 1.165) is 31.8 Å². The summed E-state index contributed by atoms with van der Waals surface area (Å²) in [7, 11) is 0. The minimum absolute atomic E-state index is 0.0324. The number of halogens is 1. The predicted octanol–water partition coefficient (Wildman–Crippen LogP) is 5.83. The number of hydrogen-bond donors (Lipinski definition) is 0. The Bertz CT molecular complexity index is 973. The van der Waals surface area contributed by atoms with Crippen LogP contribution < -0.4 is 4.90 Å². The Kier molecular flexibility index (Phi) is 5.34. The van der Waals surface area contributed by atoms with Gasteiger partial charge in [-0.2, -0.15) is 0 Å². The first-order chi connectivity index (χ1) is 13.1. The normalized spacial score (nSPS) is 20.7. The highest BCUT2D eigenvalue weighted by molar-refractivity contribution is 9.10. The lowest BCUT2D eigenvalue weighted by Gasteiger charge is -2.19. The van der Waals surface area contributed by atoms with Gasteiger partial charge in [-0.05, 0) is 55.9 Å². The first-order valence-corrected chi connectivity index (χ1v) is 11.2. The molecule has 2 aromatic rings. The molecule has 1 saturated heterocycles. The minimum Gasteiger partial charge on any atom is -0.334 e. The highest BCUT2D eigenvalue weighted by Crippen LogP contribution is 2.50. The number of anilines is 1. The summed E-state index contributed by atoms with van der Waals surface area (Å²) in [5.74, 6) is 0.0324. The SMILES string of the molecule is CCN1C(=O)/C(=C2/Sc3ccccc3N2CC)SC1=Nc1cccc(Br)c1. The predicted molar refractivity (Wildman–Crippen MR) is 119 cm³/mol. The molecule has 1 fully saturated rings. The van der Waals surface area contributed by atoms with Crippen LogP contribution in [0.4, 0.5) is 11.4 Å². The van der Waals surface area contributed by atoms with Crippen molar-refractivity contribution in [1.82, 2.24) is 4.90 Å². The van der Waals surface area contributed by atoms with Crippen molar-refractivity contribution in [2.45, 2.75) is 18.7 Å². The average molecular weight is 460 g/mol. The fraction of sp³-hybridized carbons (Fsp3) is 0.200. The largest absolute Gasteiger partial charge is 0.334 e. The molecule has 0 spiro atoms. The summed E-state index contributed by atoms with van der Waals surface area (Å²) in [5.41, 5.74) is 2.00. The first-order valence-electron chi connectivity index (χ1n) is 8.75. The Morgan fingerprint density at radius 1 is 1.00 bits per heavy atom. The van der Waals surface area contributed by atoms with Gasteiger partial charge < -0.3 is 4.90 Å². The van der Waals surface area contributed by atoms with E-state index in [-0.39, 0.29) is 5.91 Å². The Hall–Kier alpha value is -1.70. The van der Waals surface area contributed by atoms with Crippen LogP contribution in [0.5, 0.6) is 0 Å². The van der Waals surface area contributed by atoms with Crippen LogP contribution in [0.15, 0.2) is 72.8 Å². The molecule has 0 bridgehead atoms. The number of aliphatic imine (C=N–C) groups is 1. The van der Waals surface area contributed by atoms with E-state index >= 15 is 0 Å². The number of carbonyl (C=O) groups excluding carboxylic acids is 1. The second kappa shape index (κ2) is 7.73. The Morgan fingerprint density at radius 2 is 1.78 bits per heavy atom. The fourth-order valence-electron chi connectivity index (χ4n) is 3.07. The molecule has 138 valence electrons. The number of amidine groups is 1. The van der Waals surface area contributed by atoms with Crippen LogP contribution in [0.2, 0.25) is 0 Å². The quantitative estimate of drug-likeness (QED) is 0.540. The maximum atomic E-state index is 13.1. The van der Waals surface area contributed by atoms with E-state index in [0.29, 0.717) is 6.54 Å². The molecule has 0 N–H and O–H groups in total. The zero-order valence-corrected chi connectivity index (χ0v) is 18.2. The molecule has 2 aromatic carbocycles. The van der Waals surface area contributed by atoms with Crippen molar-refractivity contribution in [2.75, 3.05) is 18.0 Å². The van der Waals surface area contributed by atoms with Gasteiger partial charge in [-0.1, -0.05) is 45.9 Å². The van der Waals surface area contributed by atoms with Gasteiger partial charge >= 0.3 is 0 Å². The van der Waals surface area contributed by atoms with Crippen molar-refractivity contribution in [3.8, 4) is 0 Å². The van der Waals surface area contributed by atoms with E-state index in [1.54, 1.807) is 16.7 Å². The highest BCUT2D eigenvalue weighted by Gasteiger charge is 2.38. The van der Waals surface area contributed by atoms with Gasteiger partial charge in [-0.15, -0.1) is 0 Å². The van der Waals surface area contributed by atoms with Gasteiger partial charge in [0.2, 0.25) is 0 Å². The first kappa shape index (κ1) is 18.7. The number of nitrogens with zero attached hydrogens (tertiary/aromatic N) is 3. The van der Waals surface area contributed by atoms with Gasteiger partial charge in [-0.25, -0.2) is 4.99 Å². The third-order valence-electron chi connectivity index (χ3n) is 4.33. The molecule has 0 unspecified atom stereocenters. The number of likely N-dealkylation sites (N-methyl/N-ethyl adjacent to an activating group) is 1. The van der Waals surface area contributed by atoms with E-state index in [1.165, 1.54) is 22.3 Å². The number of fused-ring (bicyclic) bond motifs is 1. The molecule has 27 heavy (non-hydrogen) atoms. The third-order valence-corrected chi connectivity index (χ3v) is 7.20. The van der Waals surface area contributed by atoms with Gasteiger partial charge in [0.05, 0.1) is 11.4 Å². The average Bonchev–Trinajstić information content (AvgIpc) is 3.18. The maximum absolute atomic E-state index is 13.1. The number of rotatable bonds is 3. The lowest BCUT2D eigenvalue weighted by Crippen LogP contribution is -2.29. The van der Waals surface area contributed by atoms with Crippen molar-refractivity contribution < 1.29 is 4.79 Å². The monoisotopic (exact) mass is 459 g/mol. The Morgan fingerprint density at radius 3 is 2.52 bits per heavy atom. The lowest BCUT2D eigenvalue weighted by atomic mass is 10.3. The minimum atomic E-state index is 0.0324. The summed E-state index contributed by atoms with van der Waals surface area (Å²) in [6, 6.07) is 16.1. The number of para-hydroxylation sites is 1. The van der Waals surface area contributed by atoms with Gasteiger partial charge in [0.1, 0.15) is 9.93 Å². The second-order valence-electron chi connectivity index (χ2n) is 5.97. The molecular formula is C20H18BrN3OS2. The molecule has 2 aliphatic heterocycles. The molecule has 1 amide bonds. The Balaban J connectivity index is 1.75. The molecule has 4 rings (SSSR count). The molecule has 0 aromatic heterocycles.